The summed E-state index contributed by atoms with van der Waals surface area (Å²) in [6, 6.07) is 19.6. The number of nitrogens with zero attached hydrogens (tertiary/aromatic N) is 3. The fourth-order valence-electron chi connectivity index (χ4n) is 2.35. The van der Waals surface area contributed by atoms with Crippen molar-refractivity contribution < 1.29 is 4.43 Å². The van der Waals surface area contributed by atoms with Gasteiger partial charge in [0, 0.05) is 18.0 Å². The Hall–Kier alpha value is -2.79. The van der Waals surface area contributed by atoms with Gasteiger partial charge >= 0.3 is 0 Å². The SMILES string of the molecule is C[Si](C)(C)Oc1ccccc1N=C(c1ccccc1)c1ncccn1. The lowest BCUT2D eigenvalue weighted by atomic mass is 10.1. The van der Waals surface area contributed by atoms with Gasteiger partial charge in [0.1, 0.15) is 17.1 Å². The molecular weight excluding hydrogens is 326 g/mol. The lowest BCUT2D eigenvalue weighted by Crippen LogP contribution is -2.29. The minimum Gasteiger partial charge on any atom is -0.543 e. The van der Waals surface area contributed by atoms with E-state index in [0.717, 1.165) is 22.7 Å². The zero-order valence-corrected chi connectivity index (χ0v) is 15.7. The third-order valence-corrected chi connectivity index (χ3v) is 4.17. The molecule has 4 nitrogen and oxygen atoms in total. The van der Waals surface area contributed by atoms with Gasteiger partial charge in [-0.25, -0.2) is 15.0 Å². The molecule has 0 N–H and O–H groups in total. The first-order chi connectivity index (χ1) is 12.0. The van der Waals surface area contributed by atoms with Gasteiger partial charge in [-0.3, -0.25) is 0 Å². The molecule has 0 aliphatic rings. The quantitative estimate of drug-likeness (QED) is 0.489. The van der Waals surface area contributed by atoms with Crippen molar-refractivity contribution in [3.05, 3.63) is 84.4 Å². The Bertz CT molecular complexity index is 817. The van der Waals surface area contributed by atoms with Crippen molar-refractivity contribution in [3.63, 3.8) is 0 Å². The lowest BCUT2D eigenvalue weighted by molar-refractivity contribution is 0.559. The maximum atomic E-state index is 6.20. The van der Waals surface area contributed by atoms with Gasteiger partial charge in [-0.05, 0) is 37.8 Å². The van der Waals surface area contributed by atoms with Crippen LogP contribution < -0.4 is 4.43 Å². The normalized spacial score (nSPS) is 12.0. The van der Waals surface area contributed by atoms with Crippen molar-refractivity contribution in [1.82, 2.24) is 9.97 Å². The molecule has 5 heteroatoms. The monoisotopic (exact) mass is 347 g/mol. The predicted molar refractivity (Wildman–Crippen MR) is 104 cm³/mol. The highest BCUT2D eigenvalue weighted by Gasteiger charge is 2.19. The van der Waals surface area contributed by atoms with Crippen LogP contribution in [0.4, 0.5) is 5.69 Å². The first-order valence-corrected chi connectivity index (χ1v) is 11.6. The van der Waals surface area contributed by atoms with Gasteiger partial charge in [-0.15, -0.1) is 0 Å². The van der Waals surface area contributed by atoms with E-state index in [4.69, 9.17) is 9.42 Å². The summed E-state index contributed by atoms with van der Waals surface area (Å²) >= 11 is 0. The first-order valence-electron chi connectivity index (χ1n) is 8.22. The van der Waals surface area contributed by atoms with Crippen LogP contribution in [0.3, 0.4) is 0 Å². The van der Waals surface area contributed by atoms with E-state index in [-0.39, 0.29) is 0 Å². The number of aliphatic imine (C=N–C) groups is 1. The molecule has 0 atom stereocenters. The van der Waals surface area contributed by atoms with Crippen molar-refractivity contribution in [2.75, 3.05) is 0 Å². The highest BCUT2D eigenvalue weighted by molar-refractivity contribution is 6.70. The van der Waals surface area contributed by atoms with E-state index in [9.17, 15) is 0 Å². The largest absolute Gasteiger partial charge is 0.543 e. The number of para-hydroxylation sites is 2. The number of aromatic nitrogens is 2. The molecule has 0 saturated carbocycles. The molecule has 126 valence electrons. The van der Waals surface area contributed by atoms with Crippen molar-refractivity contribution in [1.29, 1.82) is 0 Å². The molecule has 2 aromatic carbocycles. The standard InChI is InChI=1S/C20H21N3OSi/c1-25(2,3)24-18-13-8-7-12-17(18)23-19(16-10-5-4-6-11-16)20-21-14-9-15-22-20/h4-15H,1-3H3. The second kappa shape index (κ2) is 7.40. The molecule has 0 saturated heterocycles. The maximum Gasteiger partial charge on any atom is 0.242 e. The Kier molecular flexibility index (Phi) is 5.05. The van der Waals surface area contributed by atoms with E-state index < -0.39 is 8.32 Å². The topological polar surface area (TPSA) is 47.4 Å². The molecule has 0 spiro atoms. The molecule has 1 heterocycles. The Morgan fingerprint density at radius 2 is 1.48 bits per heavy atom. The van der Waals surface area contributed by atoms with Crippen LogP contribution in [0, 0.1) is 0 Å². The van der Waals surface area contributed by atoms with Crippen molar-refractivity contribution >= 4 is 19.7 Å². The average molecular weight is 347 g/mol. The summed E-state index contributed by atoms with van der Waals surface area (Å²) in [5.41, 5.74) is 2.49. The molecule has 3 rings (SSSR count). The zero-order chi connectivity index (χ0) is 17.7. The summed E-state index contributed by atoms with van der Waals surface area (Å²) in [4.78, 5) is 13.6. The predicted octanol–water partition coefficient (Wildman–Crippen LogP) is 4.86. The van der Waals surface area contributed by atoms with Crippen LogP contribution in [0.1, 0.15) is 11.4 Å². The molecule has 0 aliphatic carbocycles. The van der Waals surface area contributed by atoms with Crippen LogP contribution >= 0.6 is 0 Å². The highest BCUT2D eigenvalue weighted by atomic mass is 28.4. The van der Waals surface area contributed by atoms with Crippen LogP contribution in [0.2, 0.25) is 19.6 Å². The van der Waals surface area contributed by atoms with E-state index in [2.05, 4.69) is 29.6 Å². The smallest absolute Gasteiger partial charge is 0.242 e. The number of benzene rings is 2. The summed E-state index contributed by atoms with van der Waals surface area (Å²) in [6.45, 7) is 6.48. The summed E-state index contributed by atoms with van der Waals surface area (Å²) < 4.78 is 6.20. The average Bonchev–Trinajstić information content (AvgIpc) is 2.61. The van der Waals surface area contributed by atoms with Gasteiger partial charge in [0.25, 0.3) is 0 Å². The number of hydrogen-bond acceptors (Lipinski definition) is 4. The molecule has 0 amide bonds. The minimum atomic E-state index is -1.74. The van der Waals surface area contributed by atoms with Gasteiger partial charge < -0.3 is 4.43 Å². The van der Waals surface area contributed by atoms with E-state index in [0.29, 0.717) is 5.82 Å². The molecule has 25 heavy (non-hydrogen) atoms. The Morgan fingerprint density at radius 1 is 0.840 bits per heavy atom. The van der Waals surface area contributed by atoms with Crippen LogP contribution in [-0.4, -0.2) is 24.0 Å². The summed E-state index contributed by atoms with van der Waals surface area (Å²) in [7, 11) is -1.74. The van der Waals surface area contributed by atoms with Gasteiger partial charge in [0.2, 0.25) is 8.32 Å². The van der Waals surface area contributed by atoms with E-state index in [1.54, 1.807) is 18.5 Å². The van der Waals surface area contributed by atoms with Crippen LogP contribution in [0.15, 0.2) is 78.0 Å². The minimum absolute atomic E-state index is 0.594. The second-order valence-corrected chi connectivity index (χ2v) is 11.0. The highest BCUT2D eigenvalue weighted by Crippen LogP contribution is 2.30. The third kappa shape index (κ3) is 4.61. The van der Waals surface area contributed by atoms with E-state index >= 15 is 0 Å². The molecule has 3 aromatic rings. The van der Waals surface area contributed by atoms with Crippen molar-refractivity contribution in [2.45, 2.75) is 19.6 Å². The second-order valence-electron chi connectivity index (χ2n) is 6.58. The Morgan fingerprint density at radius 3 is 2.16 bits per heavy atom. The van der Waals surface area contributed by atoms with Gasteiger partial charge in [-0.1, -0.05) is 42.5 Å². The van der Waals surface area contributed by atoms with Crippen LogP contribution in [0.5, 0.6) is 5.75 Å². The molecular formula is C20H21N3OSi. The number of rotatable bonds is 5. The fourth-order valence-corrected chi connectivity index (χ4v) is 3.18. The summed E-state index contributed by atoms with van der Waals surface area (Å²) in [5.74, 6) is 1.39. The van der Waals surface area contributed by atoms with Gasteiger partial charge in [0.05, 0.1) is 0 Å². The Balaban J connectivity index is 2.12. The third-order valence-electron chi connectivity index (χ3n) is 3.34. The lowest BCUT2D eigenvalue weighted by Gasteiger charge is -2.20. The molecule has 0 unspecified atom stereocenters. The van der Waals surface area contributed by atoms with E-state index in [1.807, 2.05) is 54.6 Å². The Labute approximate surface area is 149 Å². The van der Waals surface area contributed by atoms with Crippen LogP contribution in [-0.2, 0) is 0 Å². The summed E-state index contributed by atoms with van der Waals surface area (Å²) in [6.07, 6.45) is 3.45. The van der Waals surface area contributed by atoms with Crippen molar-refractivity contribution in [2.24, 2.45) is 4.99 Å². The molecule has 0 aliphatic heterocycles. The molecule has 0 radical (unpaired) electrons. The molecule has 0 fully saturated rings. The maximum absolute atomic E-state index is 6.20. The zero-order valence-electron chi connectivity index (χ0n) is 14.7. The molecule has 1 aromatic heterocycles. The summed E-state index contributed by atoms with van der Waals surface area (Å²) in [5, 5.41) is 0. The van der Waals surface area contributed by atoms with Crippen LogP contribution in [0.25, 0.3) is 0 Å². The number of hydrogen-bond donors (Lipinski definition) is 0. The van der Waals surface area contributed by atoms with E-state index in [1.165, 1.54) is 0 Å². The fraction of sp³-hybridized carbons (Fsp3) is 0.150. The first kappa shape index (κ1) is 17.0. The van der Waals surface area contributed by atoms with Crippen molar-refractivity contribution in [3.8, 4) is 5.75 Å². The van der Waals surface area contributed by atoms with Gasteiger partial charge in [0.15, 0.2) is 5.82 Å². The van der Waals surface area contributed by atoms with Gasteiger partial charge in [-0.2, -0.15) is 0 Å². The molecule has 0 bridgehead atoms.